The Balaban J connectivity index is 1.85. The van der Waals surface area contributed by atoms with Crippen molar-refractivity contribution in [3.8, 4) is 11.5 Å². The molecule has 0 atom stereocenters. The fourth-order valence-corrected chi connectivity index (χ4v) is 2.18. The van der Waals surface area contributed by atoms with E-state index in [0.717, 1.165) is 36.0 Å². The van der Waals surface area contributed by atoms with E-state index in [2.05, 4.69) is 10.6 Å². The normalized spacial score (nSPS) is 10.1. The van der Waals surface area contributed by atoms with Crippen molar-refractivity contribution in [2.45, 2.75) is 13.8 Å². The third-order valence-corrected chi connectivity index (χ3v) is 3.13. The summed E-state index contributed by atoms with van der Waals surface area (Å²) >= 11 is 0. The van der Waals surface area contributed by atoms with Crippen LogP contribution >= 0.6 is 0 Å². The molecule has 22 heavy (non-hydrogen) atoms. The van der Waals surface area contributed by atoms with Gasteiger partial charge in [-0.05, 0) is 38.1 Å². The van der Waals surface area contributed by atoms with Gasteiger partial charge in [0.25, 0.3) is 0 Å². The molecule has 118 valence electrons. The second-order valence-electron chi connectivity index (χ2n) is 4.71. The summed E-state index contributed by atoms with van der Waals surface area (Å²) in [6, 6.07) is 16.0. The molecule has 0 saturated carbocycles. The molecule has 0 heterocycles. The molecule has 0 aliphatic heterocycles. The lowest BCUT2D eigenvalue weighted by molar-refractivity contribution is 0.341. The smallest absolute Gasteiger partial charge is 0.142 e. The molecule has 0 amide bonds. The molecule has 0 radical (unpaired) electrons. The van der Waals surface area contributed by atoms with Gasteiger partial charge in [0.15, 0.2) is 0 Å². The monoisotopic (exact) mass is 300 g/mol. The zero-order valence-electron chi connectivity index (χ0n) is 13.3. The number of ether oxygens (including phenoxy) is 2. The van der Waals surface area contributed by atoms with E-state index in [1.807, 2.05) is 62.4 Å². The van der Waals surface area contributed by atoms with E-state index in [4.69, 9.17) is 9.47 Å². The first kappa shape index (κ1) is 16.0. The van der Waals surface area contributed by atoms with Gasteiger partial charge in [-0.1, -0.05) is 24.3 Å². The summed E-state index contributed by atoms with van der Waals surface area (Å²) < 4.78 is 11.2. The molecule has 0 aromatic heterocycles. The van der Waals surface area contributed by atoms with Crippen molar-refractivity contribution in [1.29, 1.82) is 0 Å². The Bertz CT molecular complexity index is 521. The number of nitrogens with one attached hydrogen (secondary N) is 2. The first-order valence-corrected chi connectivity index (χ1v) is 7.76. The number of anilines is 2. The molecule has 0 bridgehead atoms. The zero-order chi connectivity index (χ0) is 15.6. The van der Waals surface area contributed by atoms with Crippen LogP contribution in [0.4, 0.5) is 11.4 Å². The summed E-state index contributed by atoms with van der Waals surface area (Å²) in [5.74, 6) is 1.78. The van der Waals surface area contributed by atoms with E-state index in [1.54, 1.807) is 0 Å². The van der Waals surface area contributed by atoms with Gasteiger partial charge in [-0.25, -0.2) is 0 Å². The second kappa shape index (κ2) is 8.82. The second-order valence-corrected chi connectivity index (χ2v) is 4.71. The Morgan fingerprint density at radius 3 is 1.50 bits per heavy atom. The fraction of sp³-hybridized carbons (Fsp3) is 0.333. The van der Waals surface area contributed by atoms with E-state index in [9.17, 15) is 0 Å². The molecule has 2 rings (SSSR count). The molecule has 0 spiro atoms. The van der Waals surface area contributed by atoms with Gasteiger partial charge in [0.05, 0.1) is 24.6 Å². The van der Waals surface area contributed by atoms with Crippen molar-refractivity contribution >= 4 is 11.4 Å². The van der Waals surface area contributed by atoms with E-state index >= 15 is 0 Å². The highest BCUT2D eigenvalue weighted by Gasteiger charge is 2.03. The number of hydrogen-bond acceptors (Lipinski definition) is 4. The van der Waals surface area contributed by atoms with Gasteiger partial charge < -0.3 is 20.1 Å². The molecular weight excluding hydrogens is 276 g/mol. The highest BCUT2D eigenvalue weighted by atomic mass is 16.5. The van der Waals surface area contributed by atoms with Crippen molar-refractivity contribution in [3.05, 3.63) is 48.5 Å². The van der Waals surface area contributed by atoms with Crippen LogP contribution in [0.5, 0.6) is 11.5 Å². The summed E-state index contributed by atoms with van der Waals surface area (Å²) in [6.45, 7) is 6.90. The molecule has 0 fully saturated rings. The SMILES string of the molecule is CCOc1ccccc1NCCNc1ccccc1OCC. The average Bonchev–Trinajstić information content (AvgIpc) is 2.55. The van der Waals surface area contributed by atoms with Crippen LogP contribution in [0, 0.1) is 0 Å². The van der Waals surface area contributed by atoms with Crippen LogP contribution in [0.15, 0.2) is 48.5 Å². The standard InChI is InChI=1S/C18H24N2O2/c1-3-21-17-11-7-5-9-15(17)19-13-14-20-16-10-6-8-12-18(16)22-4-2/h5-12,19-20H,3-4,13-14H2,1-2H3. The van der Waals surface area contributed by atoms with Crippen molar-refractivity contribution < 1.29 is 9.47 Å². The Kier molecular flexibility index (Phi) is 6.42. The highest BCUT2D eigenvalue weighted by Crippen LogP contribution is 2.24. The third kappa shape index (κ3) is 4.58. The summed E-state index contributed by atoms with van der Waals surface area (Å²) in [4.78, 5) is 0. The van der Waals surface area contributed by atoms with E-state index in [0.29, 0.717) is 13.2 Å². The largest absolute Gasteiger partial charge is 0.492 e. The fourth-order valence-electron chi connectivity index (χ4n) is 2.18. The first-order chi connectivity index (χ1) is 10.8. The van der Waals surface area contributed by atoms with Crippen LogP contribution < -0.4 is 20.1 Å². The minimum Gasteiger partial charge on any atom is -0.492 e. The molecule has 0 aliphatic carbocycles. The van der Waals surface area contributed by atoms with Crippen LogP contribution in [-0.4, -0.2) is 26.3 Å². The summed E-state index contributed by atoms with van der Waals surface area (Å²) in [5, 5.41) is 6.78. The van der Waals surface area contributed by atoms with Gasteiger partial charge in [-0.2, -0.15) is 0 Å². The highest BCUT2D eigenvalue weighted by molar-refractivity contribution is 5.58. The van der Waals surface area contributed by atoms with E-state index in [1.165, 1.54) is 0 Å². The van der Waals surface area contributed by atoms with Gasteiger partial charge in [0, 0.05) is 13.1 Å². The van der Waals surface area contributed by atoms with Gasteiger partial charge in [-0.15, -0.1) is 0 Å². The Labute approximate surface area is 132 Å². The number of benzene rings is 2. The molecule has 0 saturated heterocycles. The van der Waals surface area contributed by atoms with Crippen LogP contribution in [-0.2, 0) is 0 Å². The Hall–Kier alpha value is -2.36. The van der Waals surface area contributed by atoms with E-state index < -0.39 is 0 Å². The lowest BCUT2D eigenvalue weighted by Crippen LogP contribution is -2.14. The maximum absolute atomic E-state index is 5.60. The first-order valence-electron chi connectivity index (χ1n) is 7.76. The molecular formula is C18H24N2O2. The summed E-state index contributed by atoms with van der Waals surface area (Å²) in [7, 11) is 0. The molecule has 2 aromatic rings. The molecule has 2 aromatic carbocycles. The predicted octanol–water partition coefficient (Wildman–Crippen LogP) is 4.01. The maximum atomic E-state index is 5.60. The zero-order valence-corrected chi connectivity index (χ0v) is 13.3. The molecule has 0 unspecified atom stereocenters. The minimum absolute atomic E-state index is 0.665. The van der Waals surface area contributed by atoms with Crippen molar-refractivity contribution in [1.82, 2.24) is 0 Å². The van der Waals surface area contributed by atoms with Gasteiger partial charge >= 0.3 is 0 Å². The average molecular weight is 300 g/mol. The lowest BCUT2D eigenvalue weighted by Gasteiger charge is -2.14. The number of para-hydroxylation sites is 4. The van der Waals surface area contributed by atoms with E-state index in [-0.39, 0.29) is 0 Å². The predicted molar refractivity (Wildman–Crippen MR) is 92.2 cm³/mol. The maximum Gasteiger partial charge on any atom is 0.142 e. The topological polar surface area (TPSA) is 42.5 Å². The van der Waals surface area contributed by atoms with Crippen molar-refractivity contribution in [3.63, 3.8) is 0 Å². The number of rotatable bonds is 9. The van der Waals surface area contributed by atoms with Gasteiger partial charge in [-0.3, -0.25) is 0 Å². The van der Waals surface area contributed by atoms with Crippen LogP contribution in [0.1, 0.15) is 13.8 Å². The molecule has 4 nitrogen and oxygen atoms in total. The molecule has 2 N–H and O–H groups in total. The lowest BCUT2D eigenvalue weighted by atomic mass is 10.3. The Morgan fingerprint density at radius 2 is 1.09 bits per heavy atom. The van der Waals surface area contributed by atoms with Crippen LogP contribution in [0.25, 0.3) is 0 Å². The molecule has 4 heteroatoms. The summed E-state index contributed by atoms with van der Waals surface area (Å²) in [6.07, 6.45) is 0. The third-order valence-electron chi connectivity index (χ3n) is 3.13. The van der Waals surface area contributed by atoms with Crippen LogP contribution in [0.2, 0.25) is 0 Å². The van der Waals surface area contributed by atoms with Gasteiger partial charge in [0.2, 0.25) is 0 Å². The summed E-state index contributed by atoms with van der Waals surface area (Å²) in [5.41, 5.74) is 2.04. The van der Waals surface area contributed by atoms with Crippen LogP contribution in [0.3, 0.4) is 0 Å². The molecule has 0 aliphatic rings. The Morgan fingerprint density at radius 1 is 0.682 bits per heavy atom. The van der Waals surface area contributed by atoms with Crippen molar-refractivity contribution in [2.75, 3.05) is 36.9 Å². The minimum atomic E-state index is 0.665. The van der Waals surface area contributed by atoms with Gasteiger partial charge in [0.1, 0.15) is 11.5 Å². The van der Waals surface area contributed by atoms with Crippen molar-refractivity contribution in [2.24, 2.45) is 0 Å². The number of hydrogen-bond donors (Lipinski definition) is 2. The quantitative estimate of drug-likeness (QED) is 0.687.